The fourth-order valence-electron chi connectivity index (χ4n) is 7.17. The molecule has 178 valence electrons. The molecule has 33 heavy (non-hydrogen) atoms. The van der Waals surface area contributed by atoms with Crippen molar-refractivity contribution in [1.82, 2.24) is 0 Å². The summed E-state index contributed by atoms with van der Waals surface area (Å²) in [6.45, 7) is 7.48. The normalized spacial score (nSPS) is 29.6. The molecular formula is C30H40O3. The van der Waals surface area contributed by atoms with Gasteiger partial charge >= 0.3 is 0 Å². The van der Waals surface area contributed by atoms with Crippen LogP contribution in [-0.4, -0.2) is 19.5 Å². The largest absolute Gasteiger partial charge is 0.491 e. The highest BCUT2D eigenvalue weighted by Gasteiger charge is 2.52. The van der Waals surface area contributed by atoms with Gasteiger partial charge in [-0.3, -0.25) is 0 Å². The first kappa shape index (κ1) is 22.8. The van der Waals surface area contributed by atoms with Crippen LogP contribution in [0, 0.1) is 17.8 Å². The van der Waals surface area contributed by atoms with Crippen LogP contribution in [0.4, 0.5) is 0 Å². The van der Waals surface area contributed by atoms with Gasteiger partial charge in [-0.05, 0) is 105 Å². The van der Waals surface area contributed by atoms with Crippen LogP contribution < -0.4 is 9.47 Å². The van der Waals surface area contributed by atoms with Gasteiger partial charge in [0.15, 0.2) is 6.29 Å². The van der Waals surface area contributed by atoms with Crippen LogP contribution in [0.3, 0.4) is 0 Å². The molecule has 0 heterocycles. The van der Waals surface area contributed by atoms with Crippen LogP contribution in [-0.2, 0) is 10.2 Å². The van der Waals surface area contributed by atoms with Crippen LogP contribution in [0.1, 0.15) is 82.8 Å². The Morgan fingerprint density at radius 3 is 2.12 bits per heavy atom. The summed E-state index contributed by atoms with van der Waals surface area (Å²) < 4.78 is 18.2. The van der Waals surface area contributed by atoms with Crippen molar-refractivity contribution in [1.29, 1.82) is 0 Å². The summed E-state index contributed by atoms with van der Waals surface area (Å²) >= 11 is 0. The summed E-state index contributed by atoms with van der Waals surface area (Å²) in [7, 11) is 0. The summed E-state index contributed by atoms with van der Waals surface area (Å²) in [5.74, 6) is 5.30. The number of para-hydroxylation sites is 1. The van der Waals surface area contributed by atoms with Crippen LogP contribution >= 0.6 is 0 Å². The van der Waals surface area contributed by atoms with E-state index >= 15 is 0 Å². The maximum atomic E-state index is 6.30. The lowest BCUT2D eigenvalue weighted by Gasteiger charge is -2.57. The fraction of sp³-hybridized carbons (Fsp3) is 0.600. The standard InChI is InChI=1S/C30H40O3/c1-4-21(2)26-9-11-27(12-10-26)33-22(3)31-13-14-32-29-8-6-5-7-28(29)30-18-23-15-24(19-30)17-25(16-23)20-30/h5-12,21-25H,4,13-20H2,1-3H3. The summed E-state index contributed by atoms with van der Waals surface area (Å²) in [6.07, 6.45) is 9.31. The van der Waals surface area contributed by atoms with Gasteiger partial charge in [0.05, 0.1) is 6.61 Å². The van der Waals surface area contributed by atoms with Crippen molar-refractivity contribution < 1.29 is 14.2 Å². The van der Waals surface area contributed by atoms with Gasteiger partial charge in [0.25, 0.3) is 0 Å². The van der Waals surface area contributed by atoms with E-state index in [9.17, 15) is 0 Å². The van der Waals surface area contributed by atoms with E-state index in [1.165, 1.54) is 49.7 Å². The van der Waals surface area contributed by atoms with E-state index in [4.69, 9.17) is 14.2 Å². The number of hydrogen-bond donors (Lipinski definition) is 0. The Kier molecular flexibility index (Phi) is 6.69. The highest BCUT2D eigenvalue weighted by Crippen LogP contribution is 2.61. The molecule has 2 unspecified atom stereocenters. The molecule has 0 spiro atoms. The molecule has 6 rings (SSSR count). The monoisotopic (exact) mass is 448 g/mol. The zero-order valence-electron chi connectivity index (χ0n) is 20.6. The fourth-order valence-corrected chi connectivity index (χ4v) is 7.17. The molecule has 0 aromatic heterocycles. The highest BCUT2D eigenvalue weighted by molar-refractivity contribution is 5.41. The summed E-state index contributed by atoms with van der Waals surface area (Å²) in [4.78, 5) is 0. The van der Waals surface area contributed by atoms with E-state index in [0.717, 1.165) is 35.7 Å². The number of hydrogen-bond acceptors (Lipinski definition) is 3. The van der Waals surface area contributed by atoms with Gasteiger partial charge in [-0.25, -0.2) is 0 Å². The minimum Gasteiger partial charge on any atom is -0.491 e. The van der Waals surface area contributed by atoms with Gasteiger partial charge in [0, 0.05) is 5.56 Å². The lowest BCUT2D eigenvalue weighted by Crippen LogP contribution is -2.48. The average Bonchev–Trinajstić information content (AvgIpc) is 2.81. The molecule has 4 saturated carbocycles. The molecule has 0 amide bonds. The van der Waals surface area contributed by atoms with Crippen molar-refractivity contribution in [3.05, 3.63) is 59.7 Å². The summed E-state index contributed by atoms with van der Waals surface area (Å²) in [6, 6.07) is 17.2. The van der Waals surface area contributed by atoms with Gasteiger partial charge < -0.3 is 14.2 Å². The van der Waals surface area contributed by atoms with Gasteiger partial charge in [0.1, 0.15) is 18.1 Å². The minimum atomic E-state index is -0.304. The van der Waals surface area contributed by atoms with Crippen molar-refractivity contribution in [2.75, 3.05) is 13.2 Å². The molecule has 2 atom stereocenters. The SMILES string of the molecule is CCC(C)c1ccc(OC(C)OCCOc2ccccc2C23CC4CC(CC(C4)C2)C3)cc1. The van der Waals surface area contributed by atoms with Crippen molar-refractivity contribution in [3.8, 4) is 11.5 Å². The Morgan fingerprint density at radius 2 is 1.48 bits per heavy atom. The van der Waals surface area contributed by atoms with Crippen molar-refractivity contribution in [2.24, 2.45) is 17.8 Å². The third kappa shape index (κ3) is 4.94. The predicted octanol–water partition coefficient (Wildman–Crippen LogP) is 7.49. The van der Waals surface area contributed by atoms with Gasteiger partial charge in [-0.2, -0.15) is 0 Å². The Morgan fingerprint density at radius 1 is 0.848 bits per heavy atom. The molecule has 0 saturated heterocycles. The molecule has 0 aliphatic heterocycles. The van der Waals surface area contributed by atoms with Crippen LogP contribution in [0.15, 0.2) is 48.5 Å². The van der Waals surface area contributed by atoms with Gasteiger partial charge in [0.2, 0.25) is 0 Å². The molecule has 4 aliphatic rings. The predicted molar refractivity (Wildman–Crippen MR) is 133 cm³/mol. The number of rotatable bonds is 10. The summed E-state index contributed by atoms with van der Waals surface area (Å²) in [5, 5.41) is 0. The minimum absolute atomic E-state index is 0.304. The van der Waals surface area contributed by atoms with E-state index in [2.05, 4.69) is 50.2 Å². The topological polar surface area (TPSA) is 27.7 Å². The quantitative estimate of drug-likeness (QED) is 0.278. The first-order chi connectivity index (χ1) is 16.0. The maximum absolute atomic E-state index is 6.30. The molecule has 2 aromatic rings. The van der Waals surface area contributed by atoms with Crippen LogP contribution in [0.2, 0.25) is 0 Å². The highest BCUT2D eigenvalue weighted by atomic mass is 16.7. The third-order valence-electron chi connectivity index (χ3n) is 8.55. The van der Waals surface area contributed by atoms with Gasteiger partial charge in [-0.15, -0.1) is 0 Å². The molecule has 2 aromatic carbocycles. The molecule has 0 N–H and O–H groups in total. The second-order valence-corrected chi connectivity index (χ2v) is 11.0. The molecule has 0 radical (unpaired) electrons. The van der Waals surface area contributed by atoms with Crippen molar-refractivity contribution >= 4 is 0 Å². The number of ether oxygens (including phenoxy) is 3. The molecule has 4 aliphatic carbocycles. The third-order valence-corrected chi connectivity index (χ3v) is 8.55. The van der Waals surface area contributed by atoms with Gasteiger partial charge in [-0.1, -0.05) is 44.2 Å². The Labute approximate surface area is 199 Å². The first-order valence-electron chi connectivity index (χ1n) is 13.1. The van der Waals surface area contributed by atoms with Crippen LogP contribution in [0.25, 0.3) is 0 Å². The zero-order chi connectivity index (χ0) is 22.8. The maximum Gasteiger partial charge on any atom is 0.197 e. The molecule has 3 heteroatoms. The molecule has 4 fully saturated rings. The Hall–Kier alpha value is -2.00. The van der Waals surface area contributed by atoms with E-state index in [1.54, 1.807) is 0 Å². The second kappa shape index (κ2) is 9.70. The number of benzene rings is 2. The Bertz CT molecular complexity index is 883. The average molecular weight is 449 g/mol. The second-order valence-electron chi connectivity index (χ2n) is 11.0. The first-order valence-corrected chi connectivity index (χ1v) is 13.1. The molecular weight excluding hydrogens is 408 g/mol. The smallest absolute Gasteiger partial charge is 0.197 e. The van der Waals surface area contributed by atoms with E-state index in [0.29, 0.717) is 24.5 Å². The molecule has 4 bridgehead atoms. The Balaban J connectivity index is 1.13. The lowest BCUT2D eigenvalue weighted by atomic mass is 9.48. The van der Waals surface area contributed by atoms with E-state index in [-0.39, 0.29) is 6.29 Å². The zero-order valence-corrected chi connectivity index (χ0v) is 20.6. The van der Waals surface area contributed by atoms with E-state index in [1.807, 2.05) is 19.1 Å². The lowest BCUT2D eigenvalue weighted by molar-refractivity contribution is -0.0742. The van der Waals surface area contributed by atoms with Crippen LogP contribution in [0.5, 0.6) is 11.5 Å². The van der Waals surface area contributed by atoms with Crippen molar-refractivity contribution in [3.63, 3.8) is 0 Å². The van der Waals surface area contributed by atoms with Crippen molar-refractivity contribution in [2.45, 2.75) is 83.3 Å². The summed E-state index contributed by atoms with van der Waals surface area (Å²) in [5.41, 5.74) is 3.16. The molecule has 3 nitrogen and oxygen atoms in total. The van der Waals surface area contributed by atoms with E-state index < -0.39 is 0 Å².